The lowest BCUT2D eigenvalue weighted by Crippen LogP contribution is -1.87. The van der Waals surface area contributed by atoms with Crippen LogP contribution in [0.3, 0.4) is 0 Å². The number of hydrogen-bond donors (Lipinski definition) is 0. The molecule has 0 saturated heterocycles. The SMILES string of the molecule is [c]1ccn2c(-c3ccccc3)ncc2c1. The van der Waals surface area contributed by atoms with Gasteiger partial charge in [-0.1, -0.05) is 30.3 Å². The van der Waals surface area contributed by atoms with E-state index in [1.165, 1.54) is 0 Å². The van der Waals surface area contributed by atoms with Gasteiger partial charge in [0.05, 0.1) is 11.7 Å². The predicted molar refractivity (Wildman–Crippen MR) is 59.5 cm³/mol. The van der Waals surface area contributed by atoms with Crippen LogP contribution in [-0.2, 0) is 0 Å². The first kappa shape index (κ1) is 8.24. The van der Waals surface area contributed by atoms with Crippen molar-refractivity contribution in [2.45, 2.75) is 0 Å². The molecular weight excluding hydrogens is 184 g/mol. The molecule has 0 saturated carbocycles. The molecule has 0 bridgehead atoms. The molecule has 0 aliphatic carbocycles. The Morgan fingerprint density at radius 1 is 1.13 bits per heavy atom. The zero-order valence-corrected chi connectivity index (χ0v) is 8.09. The predicted octanol–water partition coefficient (Wildman–Crippen LogP) is 2.80. The number of pyridine rings is 1. The second-order valence-electron chi connectivity index (χ2n) is 3.37. The van der Waals surface area contributed by atoms with Gasteiger partial charge in [-0.05, 0) is 18.2 Å². The molecule has 1 aromatic carbocycles. The van der Waals surface area contributed by atoms with E-state index in [4.69, 9.17) is 0 Å². The van der Waals surface area contributed by atoms with Crippen molar-refractivity contribution in [3.05, 3.63) is 60.9 Å². The topological polar surface area (TPSA) is 17.3 Å². The molecule has 2 heteroatoms. The zero-order chi connectivity index (χ0) is 10.1. The van der Waals surface area contributed by atoms with Gasteiger partial charge < -0.3 is 0 Å². The maximum atomic E-state index is 4.41. The number of fused-ring (bicyclic) bond motifs is 1. The van der Waals surface area contributed by atoms with E-state index in [0.717, 1.165) is 16.9 Å². The Morgan fingerprint density at radius 3 is 2.87 bits per heavy atom. The summed E-state index contributed by atoms with van der Waals surface area (Å²) in [6, 6.07) is 17.0. The summed E-state index contributed by atoms with van der Waals surface area (Å²) in [5.74, 6) is 0.972. The molecule has 0 atom stereocenters. The fourth-order valence-corrected chi connectivity index (χ4v) is 1.69. The molecule has 0 fully saturated rings. The van der Waals surface area contributed by atoms with E-state index in [1.54, 1.807) is 0 Å². The van der Waals surface area contributed by atoms with Gasteiger partial charge in [-0.15, -0.1) is 0 Å². The normalized spacial score (nSPS) is 10.7. The Balaban J connectivity index is 2.28. The largest absolute Gasteiger partial charge is 0.300 e. The number of rotatable bonds is 1. The highest BCUT2D eigenvalue weighted by Crippen LogP contribution is 2.18. The average molecular weight is 193 g/mol. The third kappa shape index (κ3) is 1.31. The van der Waals surface area contributed by atoms with Crippen molar-refractivity contribution in [2.24, 2.45) is 0 Å². The Hall–Kier alpha value is -2.09. The molecule has 2 heterocycles. The van der Waals surface area contributed by atoms with Gasteiger partial charge in [-0.3, -0.25) is 4.40 Å². The number of aromatic nitrogens is 2. The minimum Gasteiger partial charge on any atom is -0.300 e. The first-order chi connectivity index (χ1) is 7.45. The molecule has 0 N–H and O–H groups in total. The van der Waals surface area contributed by atoms with E-state index in [9.17, 15) is 0 Å². The van der Waals surface area contributed by atoms with Gasteiger partial charge in [-0.25, -0.2) is 4.98 Å². The molecule has 1 radical (unpaired) electrons. The highest BCUT2D eigenvalue weighted by atomic mass is 15.0. The highest BCUT2D eigenvalue weighted by Gasteiger charge is 2.03. The van der Waals surface area contributed by atoms with E-state index in [1.807, 2.05) is 42.7 Å². The Kier molecular flexibility index (Phi) is 1.78. The molecule has 71 valence electrons. The van der Waals surface area contributed by atoms with Gasteiger partial charge in [0.25, 0.3) is 0 Å². The van der Waals surface area contributed by atoms with Crippen LogP contribution in [0.4, 0.5) is 0 Å². The van der Waals surface area contributed by atoms with Crippen molar-refractivity contribution in [3.63, 3.8) is 0 Å². The quantitative estimate of drug-likeness (QED) is 0.581. The monoisotopic (exact) mass is 193 g/mol. The Bertz CT molecular complexity index is 582. The lowest BCUT2D eigenvalue weighted by molar-refractivity contribution is 1.16. The van der Waals surface area contributed by atoms with Crippen LogP contribution < -0.4 is 0 Å². The Morgan fingerprint density at radius 2 is 2.00 bits per heavy atom. The summed E-state index contributed by atoms with van der Waals surface area (Å²) >= 11 is 0. The van der Waals surface area contributed by atoms with Crippen LogP contribution in [-0.4, -0.2) is 9.38 Å². The van der Waals surface area contributed by atoms with Crippen molar-refractivity contribution in [1.29, 1.82) is 0 Å². The fourth-order valence-electron chi connectivity index (χ4n) is 1.69. The lowest BCUT2D eigenvalue weighted by atomic mass is 10.2. The summed E-state index contributed by atoms with van der Waals surface area (Å²) in [5.41, 5.74) is 2.19. The highest BCUT2D eigenvalue weighted by molar-refractivity contribution is 5.61. The molecule has 3 aromatic rings. The molecule has 2 aromatic heterocycles. The van der Waals surface area contributed by atoms with Crippen LogP contribution in [0.5, 0.6) is 0 Å². The van der Waals surface area contributed by atoms with Crippen molar-refractivity contribution in [2.75, 3.05) is 0 Å². The second-order valence-corrected chi connectivity index (χ2v) is 3.37. The summed E-state index contributed by atoms with van der Waals surface area (Å²) in [7, 11) is 0. The Labute approximate surface area is 87.8 Å². The summed E-state index contributed by atoms with van der Waals surface area (Å²) in [4.78, 5) is 4.41. The first-order valence-electron chi connectivity index (χ1n) is 4.84. The van der Waals surface area contributed by atoms with Gasteiger partial charge in [0.1, 0.15) is 5.82 Å². The second kappa shape index (κ2) is 3.24. The molecule has 3 rings (SSSR count). The van der Waals surface area contributed by atoms with E-state index >= 15 is 0 Å². The van der Waals surface area contributed by atoms with Crippen molar-refractivity contribution < 1.29 is 0 Å². The van der Waals surface area contributed by atoms with Crippen LogP contribution in [0.2, 0.25) is 0 Å². The minimum absolute atomic E-state index is 0.972. The number of imidazole rings is 1. The molecule has 0 spiro atoms. The molecular formula is C13H9N2. The third-order valence-electron chi connectivity index (χ3n) is 2.41. The van der Waals surface area contributed by atoms with E-state index in [-0.39, 0.29) is 0 Å². The molecule has 0 unspecified atom stereocenters. The van der Waals surface area contributed by atoms with Crippen LogP contribution in [0.15, 0.2) is 54.9 Å². The van der Waals surface area contributed by atoms with Gasteiger partial charge in [0, 0.05) is 11.8 Å². The van der Waals surface area contributed by atoms with E-state index < -0.39 is 0 Å². The van der Waals surface area contributed by atoms with Gasteiger partial charge in [0.15, 0.2) is 0 Å². The average Bonchev–Trinajstić information content (AvgIpc) is 2.74. The molecule has 0 amide bonds. The van der Waals surface area contributed by atoms with Crippen molar-refractivity contribution in [1.82, 2.24) is 9.38 Å². The first-order valence-corrected chi connectivity index (χ1v) is 4.84. The summed E-state index contributed by atoms with van der Waals surface area (Å²) < 4.78 is 2.06. The molecule has 2 nitrogen and oxygen atoms in total. The van der Waals surface area contributed by atoms with E-state index in [2.05, 4.69) is 27.6 Å². The minimum atomic E-state index is 0.972. The van der Waals surface area contributed by atoms with Gasteiger partial charge in [-0.2, -0.15) is 0 Å². The summed E-state index contributed by atoms with van der Waals surface area (Å²) in [6.07, 6.45) is 3.84. The molecule has 0 aliphatic rings. The fraction of sp³-hybridized carbons (Fsp3) is 0. The van der Waals surface area contributed by atoms with Gasteiger partial charge >= 0.3 is 0 Å². The maximum Gasteiger partial charge on any atom is 0.144 e. The number of benzene rings is 1. The lowest BCUT2D eigenvalue weighted by Gasteiger charge is -1.99. The van der Waals surface area contributed by atoms with Crippen LogP contribution in [0.1, 0.15) is 0 Å². The number of hydrogen-bond acceptors (Lipinski definition) is 1. The van der Waals surface area contributed by atoms with E-state index in [0.29, 0.717) is 0 Å². The van der Waals surface area contributed by atoms with Crippen molar-refractivity contribution in [3.8, 4) is 11.4 Å². The van der Waals surface area contributed by atoms with Gasteiger partial charge in [0.2, 0.25) is 0 Å². The van der Waals surface area contributed by atoms with Crippen LogP contribution in [0.25, 0.3) is 16.9 Å². The van der Waals surface area contributed by atoms with Crippen LogP contribution in [0, 0.1) is 6.07 Å². The maximum absolute atomic E-state index is 4.41. The zero-order valence-electron chi connectivity index (χ0n) is 8.09. The van der Waals surface area contributed by atoms with Crippen molar-refractivity contribution >= 4 is 5.52 Å². The number of nitrogens with zero attached hydrogens (tertiary/aromatic N) is 2. The summed E-state index contributed by atoms with van der Waals surface area (Å²) in [6.45, 7) is 0. The molecule has 15 heavy (non-hydrogen) atoms. The smallest absolute Gasteiger partial charge is 0.144 e. The van der Waals surface area contributed by atoms with Crippen LogP contribution >= 0.6 is 0 Å². The summed E-state index contributed by atoms with van der Waals surface area (Å²) in [5, 5.41) is 0. The molecule has 0 aliphatic heterocycles. The third-order valence-corrected chi connectivity index (χ3v) is 2.41. The standard InChI is InChI=1S/C13H9N2/c1-2-6-11(7-3-1)13-14-10-12-8-4-5-9-15(12)13/h1-3,5-10H.